The van der Waals surface area contributed by atoms with Crippen molar-refractivity contribution in [1.82, 2.24) is 10.2 Å². The van der Waals surface area contributed by atoms with Crippen LogP contribution in [0.25, 0.3) is 0 Å². The van der Waals surface area contributed by atoms with E-state index in [1.165, 1.54) is 17.3 Å². The molecule has 28 heavy (non-hydrogen) atoms. The first-order chi connectivity index (χ1) is 13.4. The zero-order valence-corrected chi connectivity index (χ0v) is 18.1. The van der Waals surface area contributed by atoms with Crippen molar-refractivity contribution in [2.75, 3.05) is 12.3 Å². The maximum absolute atomic E-state index is 13.1. The lowest BCUT2D eigenvalue weighted by Crippen LogP contribution is -2.49. The molecule has 0 spiro atoms. The summed E-state index contributed by atoms with van der Waals surface area (Å²) < 4.78 is 0. The van der Waals surface area contributed by atoms with Crippen LogP contribution in [-0.4, -0.2) is 35.1 Å². The number of rotatable bonds is 9. The molecule has 0 heterocycles. The highest BCUT2D eigenvalue weighted by Gasteiger charge is 2.28. The second kappa shape index (κ2) is 11.1. The van der Waals surface area contributed by atoms with Gasteiger partial charge in [0.1, 0.15) is 6.04 Å². The normalized spacial score (nSPS) is 11.7. The van der Waals surface area contributed by atoms with Crippen LogP contribution < -0.4 is 5.32 Å². The fraction of sp³-hybridized carbons (Fsp3) is 0.364. The zero-order chi connectivity index (χ0) is 20.5. The summed E-state index contributed by atoms with van der Waals surface area (Å²) in [5.74, 6) is 0.110. The molecule has 1 atom stereocenters. The Bertz CT molecular complexity index is 778. The minimum absolute atomic E-state index is 0.0568. The molecule has 0 saturated carbocycles. The molecule has 0 aliphatic heterocycles. The predicted molar refractivity (Wildman–Crippen MR) is 117 cm³/mol. The van der Waals surface area contributed by atoms with E-state index in [1.54, 1.807) is 17.0 Å². The van der Waals surface area contributed by atoms with Gasteiger partial charge in [-0.05, 0) is 50.1 Å². The summed E-state index contributed by atoms with van der Waals surface area (Å²) in [6.45, 7) is 6.75. The number of hydrogen-bond donors (Lipinski definition) is 1. The second-order valence-electron chi connectivity index (χ2n) is 6.57. The standard InChI is InChI=1S/C22H27ClN2O2S/c1-4-20(22(27)24-5-2)25(14-17-8-10-18(23)11-9-17)21(26)15-28-19-12-6-16(3)7-13-19/h6-13,20H,4-5,14-15H2,1-3H3,(H,24,27)/t20-/m1/s1. The van der Waals surface area contributed by atoms with Crippen LogP contribution in [0, 0.1) is 6.92 Å². The summed E-state index contributed by atoms with van der Waals surface area (Å²) >= 11 is 7.46. The molecular formula is C22H27ClN2O2S. The largest absolute Gasteiger partial charge is 0.355 e. The number of carbonyl (C=O) groups is 2. The molecule has 2 aromatic rings. The first-order valence-corrected chi connectivity index (χ1v) is 10.8. The van der Waals surface area contributed by atoms with Crippen molar-refractivity contribution >= 4 is 35.2 Å². The molecule has 0 fully saturated rings. The Labute approximate surface area is 176 Å². The number of nitrogens with one attached hydrogen (secondary N) is 1. The lowest BCUT2D eigenvalue weighted by Gasteiger charge is -2.30. The number of nitrogens with zero attached hydrogens (tertiary/aromatic N) is 1. The Kier molecular flexibility index (Phi) is 8.87. The number of carbonyl (C=O) groups excluding carboxylic acids is 2. The van der Waals surface area contributed by atoms with Gasteiger partial charge in [-0.25, -0.2) is 0 Å². The molecule has 0 unspecified atom stereocenters. The topological polar surface area (TPSA) is 49.4 Å². The molecule has 0 aliphatic rings. The van der Waals surface area contributed by atoms with Crippen LogP contribution in [-0.2, 0) is 16.1 Å². The molecule has 2 aromatic carbocycles. The van der Waals surface area contributed by atoms with Crippen molar-refractivity contribution in [2.24, 2.45) is 0 Å². The number of aryl methyl sites for hydroxylation is 1. The SMILES string of the molecule is CCNC(=O)[C@@H](CC)N(Cc1ccc(Cl)cc1)C(=O)CSc1ccc(C)cc1. The Hall–Kier alpha value is -1.98. The van der Waals surface area contributed by atoms with Gasteiger partial charge in [-0.2, -0.15) is 0 Å². The molecule has 1 N–H and O–H groups in total. The smallest absolute Gasteiger partial charge is 0.242 e. The quantitative estimate of drug-likeness (QED) is 0.601. The van der Waals surface area contributed by atoms with E-state index in [-0.39, 0.29) is 17.6 Å². The predicted octanol–water partition coefficient (Wildman–Crippen LogP) is 4.68. The van der Waals surface area contributed by atoms with Gasteiger partial charge in [0.2, 0.25) is 11.8 Å². The van der Waals surface area contributed by atoms with Crippen molar-refractivity contribution in [3.63, 3.8) is 0 Å². The van der Waals surface area contributed by atoms with Crippen molar-refractivity contribution in [1.29, 1.82) is 0 Å². The first kappa shape index (κ1) is 22.3. The highest BCUT2D eigenvalue weighted by molar-refractivity contribution is 8.00. The summed E-state index contributed by atoms with van der Waals surface area (Å²) in [7, 11) is 0. The van der Waals surface area contributed by atoms with E-state index < -0.39 is 6.04 Å². The summed E-state index contributed by atoms with van der Waals surface area (Å²) in [5.41, 5.74) is 2.13. The number of benzene rings is 2. The monoisotopic (exact) mass is 418 g/mol. The Balaban J connectivity index is 2.16. The van der Waals surface area contributed by atoms with Crippen molar-refractivity contribution in [2.45, 2.75) is 44.7 Å². The summed E-state index contributed by atoms with van der Waals surface area (Å²) in [4.78, 5) is 28.3. The fourth-order valence-electron chi connectivity index (χ4n) is 2.86. The summed E-state index contributed by atoms with van der Waals surface area (Å²) in [6.07, 6.45) is 0.556. The van der Waals surface area contributed by atoms with E-state index in [4.69, 9.17) is 11.6 Å². The van der Waals surface area contributed by atoms with Crippen molar-refractivity contribution in [3.05, 3.63) is 64.7 Å². The lowest BCUT2D eigenvalue weighted by atomic mass is 10.1. The molecule has 150 valence electrons. The van der Waals surface area contributed by atoms with E-state index in [2.05, 4.69) is 5.32 Å². The summed E-state index contributed by atoms with van der Waals surface area (Å²) in [6, 6.07) is 15.0. The van der Waals surface area contributed by atoms with Crippen LogP contribution in [0.5, 0.6) is 0 Å². The molecule has 4 nitrogen and oxygen atoms in total. The second-order valence-corrected chi connectivity index (χ2v) is 8.05. The maximum atomic E-state index is 13.1. The van der Waals surface area contributed by atoms with E-state index in [0.29, 0.717) is 24.5 Å². The fourth-order valence-corrected chi connectivity index (χ4v) is 3.77. The van der Waals surface area contributed by atoms with Crippen LogP contribution in [0.4, 0.5) is 0 Å². The van der Waals surface area contributed by atoms with Gasteiger partial charge in [0, 0.05) is 23.0 Å². The average molecular weight is 419 g/mol. The molecule has 0 saturated heterocycles. The van der Waals surface area contributed by atoms with Gasteiger partial charge >= 0.3 is 0 Å². The Morgan fingerprint density at radius 2 is 1.71 bits per heavy atom. The van der Waals surface area contributed by atoms with E-state index in [0.717, 1.165) is 10.5 Å². The lowest BCUT2D eigenvalue weighted by molar-refractivity contribution is -0.139. The molecule has 2 rings (SSSR count). The van der Waals surface area contributed by atoms with Crippen LogP contribution in [0.1, 0.15) is 31.4 Å². The number of halogens is 1. The first-order valence-electron chi connectivity index (χ1n) is 9.45. The van der Waals surface area contributed by atoms with Crippen LogP contribution in [0.15, 0.2) is 53.4 Å². The van der Waals surface area contributed by atoms with E-state index >= 15 is 0 Å². The molecular weight excluding hydrogens is 392 g/mol. The minimum atomic E-state index is -0.498. The Morgan fingerprint density at radius 1 is 1.07 bits per heavy atom. The molecule has 0 aliphatic carbocycles. The molecule has 0 radical (unpaired) electrons. The van der Waals surface area contributed by atoms with Gasteiger partial charge in [-0.3, -0.25) is 9.59 Å². The highest BCUT2D eigenvalue weighted by Crippen LogP contribution is 2.21. The maximum Gasteiger partial charge on any atom is 0.242 e. The number of likely N-dealkylation sites (N-methyl/N-ethyl adjacent to an activating group) is 1. The van der Waals surface area contributed by atoms with E-state index in [9.17, 15) is 9.59 Å². The van der Waals surface area contributed by atoms with E-state index in [1.807, 2.05) is 57.2 Å². The number of hydrogen-bond acceptors (Lipinski definition) is 3. The van der Waals surface area contributed by atoms with Crippen LogP contribution in [0.2, 0.25) is 5.02 Å². The highest BCUT2D eigenvalue weighted by atomic mass is 35.5. The van der Waals surface area contributed by atoms with Gasteiger partial charge in [0.05, 0.1) is 5.75 Å². The Morgan fingerprint density at radius 3 is 2.29 bits per heavy atom. The van der Waals surface area contributed by atoms with Gasteiger partial charge in [-0.15, -0.1) is 11.8 Å². The van der Waals surface area contributed by atoms with Crippen LogP contribution in [0.3, 0.4) is 0 Å². The van der Waals surface area contributed by atoms with Gasteiger partial charge in [0.25, 0.3) is 0 Å². The summed E-state index contributed by atoms with van der Waals surface area (Å²) in [5, 5.41) is 3.49. The third kappa shape index (κ3) is 6.57. The third-order valence-electron chi connectivity index (χ3n) is 4.39. The minimum Gasteiger partial charge on any atom is -0.355 e. The number of amides is 2. The van der Waals surface area contributed by atoms with Crippen molar-refractivity contribution in [3.8, 4) is 0 Å². The number of thioether (sulfide) groups is 1. The van der Waals surface area contributed by atoms with Crippen molar-refractivity contribution < 1.29 is 9.59 Å². The van der Waals surface area contributed by atoms with Gasteiger partial charge in [0.15, 0.2) is 0 Å². The zero-order valence-electron chi connectivity index (χ0n) is 16.6. The van der Waals surface area contributed by atoms with Gasteiger partial charge < -0.3 is 10.2 Å². The molecule has 0 aromatic heterocycles. The van der Waals surface area contributed by atoms with Crippen LogP contribution >= 0.6 is 23.4 Å². The average Bonchev–Trinajstić information content (AvgIpc) is 2.69. The molecule has 6 heteroatoms. The van der Waals surface area contributed by atoms with Gasteiger partial charge in [-0.1, -0.05) is 48.4 Å². The molecule has 0 bridgehead atoms. The third-order valence-corrected chi connectivity index (χ3v) is 5.64. The molecule has 2 amide bonds.